The Bertz CT molecular complexity index is 589. The fourth-order valence-electron chi connectivity index (χ4n) is 3.46. The van der Waals surface area contributed by atoms with Crippen LogP contribution in [-0.2, 0) is 9.47 Å². The number of nitrogens with zero attached hydrogens (tertiary/aromatic N) is 2. The maximum atomic E-state index is 12.3. The van der Waals surface area contributed by atoms with Crippen LogP contribution in [0.1, 0.15) is 39.0 Å². The van der Waals surface area contributed by atoms with Gasteiger partial charge >= 0.3 is 6.09 Å². The van der Waals surface area contributed by atoms with E-state index in [4.69, 9.17) is 14.2 Å². The van der Waals surface area contributed by atoms with E-state index in [2.05, 4.69) is 29.1 Å². The molecule has 30 heavy (non-hydrogen) atoms. The van der Waals surface area contributed by atoms with Crippen LogP contribution in [0.4, 0.5) is 10.5 Å². The number of ether oxygens (including phenoxy) is 3. The fraction of sp³-hybridized carbons (Fsp3) is 0.696. The topological polar surface area (TPSA) is 63.3 Å². The lowest BCUT2D eigenvalue weighted by Crippen LogP contribution is -2.48. The Hall–Kier alpha value is -1.83. The second-order valence-corrected chi connectivity index (χ2v) is 8.00. The molecule has 0 bridgehead atoms. The van der Waals surface area contributed by atoms with Crippen LogP contribution >= 0.6 is 0 Å². The lowest BCUT2D eigenvalue weighted by molar-refractivity contribution is 0.0157. The van der Waals surface area contributed by atoms with Crippen molar-refractivity contribution in [2.24, 2.45) is 0 Å². The molecule has 0 spiro atoms. The summed E-state index contributed by atoms with van der Waals surface area (Å²) in [6.07, 6.45) is 5.32. The highest BCUT2D eigenvalue weighted by molar-refractivity contribution is 5.84. The maximum absolute atomic E-state index is 12.3. The highest BCUT2D eigenvalue weighted by Crippen LogP contribution is 2.17. The predicted octanol–water partition coefficient (Wildman–Crippen LogP) is 3.85. The van der Waals surface area contributed by atoms with Crippen LogP contribution in [0.25, 0.3) is 0 Å². The Balaban J connectivity index is 1.71. The summed E-state index contributed by atoms with van der Waals surface area (Å²) >= 11 is 0. The molecule has 0 unspecified atom stereocenters. The SMILES string of the molecule is CCCCCCCOc1ccc(NC(=O)O[C@@H](COC)CN2CCN(C)CC2)cc1. The molecule has 7 nitrogen and oxygen atoms in total. The van der Waals surface area contributed by atoms with Gasteiger partial charge in [-0.25, -0.2) is 4.79 Å². The van der Waals surface area contributed by atoms with E-state index >= 15 is 0 Å². The number of carbonyl (C=O) groups excluding carboxylic acids is 1. The van der Waals surface area contributed by atoms with Gasteiger partial charge in [0.1, 0.15) is 11.9 Å². The van der Waals surface area contributed by atoms with Crippen molar-refractivity contribution in [2.45, 2.75) is 45.1 Å². The summed E-state index contributed by atoms with van der Waals surface area (Å²) in [4.78, 5) is 16.9. The Labute approximate surface area is 181 Å². The second-order valence-electron chi connectivity index (χ2n) is 8.00. The number of anilines is 1. The highest BCUT2D eigenvalue weighted by Gasteiger charge is 2.21. The summed E-state index contributed by atoms with van der Waals surface area (Å²) in [5.41, 5.74) is 0.686. The first-order chi connectivity index (χ1) is 14.6. The molecule has 1 fully saturated rings. The minimum absolute atomic E-state index is 0.297. The number of piperazine rings is 1. The Morgan fingerprint density at radius 1 is 1.07 bits per heavy atom. The molecule has 2 rings (SSSR count). The van der Waals surface area contributed by atoms with E-state index in [1.54, 1.807) is 7.11 Å². The van der Waals surface area contributed by atoms with Crippen molar-refractivity contribution in [3.8, 4) is 5.75 Å². The third-order valence-corrected chi connectivity index (χ3v) is 5.30. The first-order valence-electron chi connectivity index (χ1n) is 11.2. The van der Waals surface area contributed by atoms with Crippen molar-refractivity contribution in [3.63, 3.8) is 0 Å². The lowest BCUT2D eigenvalue weighted by Gasteiger charge is -2.34. The predicted molar refractivity (Wildman–Crippen MR) is 120 cm³/mol. The van der Waals surface area contributed by atoms with Crippen LogP contribution in [0, 0.1) is 0 Å². The number of carbonyl (C=O) groups is 1. The van der Waals surface area contributed by atoms with E-state index in [9.17, 15) is 4.79 Å². The molecular weight excluding hydrogens is 382 g/mol. The van der Waals surface area contributed by atoms with Crippen molar-refractivity contribution in [2.75, 3.05) is 65.4 Å². The van der Waals surface area contributed by atoms with Gasteiger partial charge in [0.2, 0.25) is 0 Å². The third kappa shape index (κ3) is 9.78. The summed E-state index contributed by atoms with van der Waals surface area (Å²) in [5, 5.41) is 2.79. The number of nitrogens with one attached hydrogen (secondary N) is 1. The average molecular weight is 422 g/mol. The molecule has 1 N–H and O–H groups in total. The highest BCUT2D eigenvalue weighted by atomic mass is 16.6. The molecule has 1 saturated heterocycles. The molecule has 1 heterocycles. The van der Waals surface area contributed by atoms with Gasteiger partial charge in [0, 0.05) is 45.5 Å². The van der Waals surface area contributed by atoms with Crippen LogP contribution in [0.2, 0.25) is 0 Å². The normalized spacial score (nSPS) is 16.2. The zero-order valence-electron chi connectivity index (χ0n) is 18.9. The van der Waals surface area contributed by atoms with Crippen molar-refractivity contribution >= 4 is 11.8 Å². The van der Waals surface area contributed by atoms with Crippen molar-refractivity contribution in [3.05, 3.63) is 24.3 Å². The molecule has 170 valence electrons. The summed E-state index contributed by atoms with van der Waals surface area (Å²) in [6, 6.07) is 7.41. The quantitative estimate of drug-likeness (QED) is 0.488. The molecule has 0 aliphatic carbocycles. The lowest BCUT2D eigenvalue weighted by atomic mass is 10.2. The maximum Gasteiger partial charge on any atom is 0.412 e. The van der Waals surface area contributed by atoms with E-state index in [0.29, 0.717) is 18.8 Å². The molecule has 1 aliphatic heterocycles. The fourth-order valence-corrected chi connectivity index (χ4v) is 3.46. The Morgan fingerprint density at radius 2 is 1.77 bits per heavy atom. The van der Waals surface area contributed by atoms with Gasteiger partial charge in [-0.1, -0.05) is 32.6 Å². The smallest absolute Gasteiger partial charge is 0.412 e. The molecule has 1 amide bonds. The number of benzene rings is 1. The number of hydrogen-bond donors (Lipinski definition) is 1. The number of methoxy groups -OCH3 is 1. The van der Waals surface area contributed by atoms with Gasteiger partial charge < -0.3 is 19.1 Å². The van der Waals surface area contributed by atoms with Crippen molar-refractivity contribution < 1.29 is 19.0 Å². The van der Waals surface area contributed by atoms with Crippen LogP contribution < -0.4 is 10.1 Å². The largest absolute Gasteiger partial charge is 0.494 e. The zero-order valence-corrected chi connectivity index (χ0v) is 18.9. The monoisotopic (exact) mass is 421 g/mol. The van der Waals surface area contributed by atoms with Gasteiger partial charge in [-0.15, -0.1) is 0 Å². The molecule has 1 aromatic rings. The van der Waals surface area contributed by atoms with E-state index in [1.165, 1.54) is 25.7 Å². The Kier molecular flexibility index (Phi) is 11.6. The molecule has 0 aromatic heterocycles. The molecule has 7 heteroatoms. The molecular formula is C23H39N3O4. The van der Waals surface area contributed by atoms with Crippen LogP contribution in [0.15, 0.2) is 24.3 Å². The number of unbranched alkanes of at least 4 members (excludes halogenated alkanes) is 4. The van der Waals surface area contributed by atoms with E-state index in [0.717, 1.165) is 45.0 Å². The second kappa shape index (κ2) is 14.2. The first-order valence-corrected chi connectivity index (χ1v) is 11.2. The summed E-state index contributed by atoms with van der Waals surface area (Å²) in [6.45, 7) is 8.00. The zero-order chi connectivity index (χ0) is 21.6. The summed E-state index contributed by atoms with van der Waals surface area (Å²) < 4.78 is 16.6. The van der Waals surface area contributed by atoms with Crippen LogP contribution in [0.5, 0.6) is 5.75 Å². The summed E-state index contributed by atoms with van der Waals surface area (Å²) in [7, 11) is 3.75. The van der Waals surface area contributed by atoms with E-state index in [-0.39, 0.29) is 6.10 Å². The van der Waals surface area contributed by atoms with Gasteiger partial charge in [-0.05, 0) is 37.7 Å². The number of rotatable bonds is 13. The third-order valence-electron chi connectivity index (χ3n) is 5.30. The van der Waals surface area contributed by atoms with E-state index < -0.39 is 6.09 Å². The molecule has 1 atom stereocenters. The number of amides is 1. The minimum Gasteiger partial charge on any atom is -0.494 e. The molecule has 1 aromatic carbocycles. The number of likely N-dealkylation sites (N-methyl/N-ethyl adjacent to an activating group) is 1. The average Bonchev–Trinajstić information content (AvgIpc) is 2.73. The van der Waals surface area contributed by atoms with Gasteiger partial charge in [0.05, 0.1) is 13.2 Å². The Morgan fingerprint density at radius 3 is 2.43 bits per heavy atom. The van der Waals surface area contributed by atoms with Gasteiger partial charge in [0.15, 0.2) is 0 Å². The molecule has 1 aliphatic rings. The van der Waals surface area contributed by atoms with Crippen LogP contribution in [0.3, 0.4) is 0 Å². The standard InChI is InChI=1S/C23H39N3O4/c1-4-5-6-7-8-17-29-21-11-9-20(10-12-21)24-23(27)30-22(19-28-3)18-26-15-13-25(2)14-16-26/h9-12,22H,4-8,13-19H2,1-3H3,(H,24,27)/t22-/m1/s1. The van der Waals surface area contributed by atoms with Crippen molar-refractivity contribution in [1.29, 1.82) is 0 Å². The van der Waals surface area contributed by atoms with Crippen molar-refractivity contribution in [1.82, 2.24) is 9.80 Å². The summed E-state index contributed by atoms with van der Waals surface area (Å²) in [5.74, 6) is 0.816. The number of hydrogen-bond acceptors (Lipinski definition) is 6. The van der Waals surface area contributed by atoms with Gasteiger partial charge in [0.25, 0.3) is 0 Å². The van der Waals surface area contributed by atoms with Gasteiger partial charge in [-0.2, -0.15) is 0 Å². The first kappa shape index (κ1) is 24.4. The molecule has 0 saturated carbocycles. The van der Waals surface area contributed by atoms with Gasteiger partial charge in [-0.3, -0.25) is 10.2 Å². The minimum atomic E-state index is -0.462. The van der Waals surface area contributed by atoms with Crippen LogP contribution in [-0.4, -0.2) is 82.1 Å². The molecule has 0 radical (unpaired) electrons. The van der Waals surface area contributed by atoms with E-state index in [1.807, 2.05) is 24.3 Å².